The highest BCUT2D eigenvalue weighted by molar-refractivity contribution is 5.80. The van der Waals surface area contributed by atoms with Crippen LogP contribution in [0.3, 0.4) is 0 Å². The number of nitrogens with one attached hydrogen (secondary N) is 1. The van der Waals surface area contributed by atoms with Crippen LogP contribution < -0.4 is 5.32 Å². The van der Waals surface area contributed by atoms with Gasteiger partial charge in [-0.2, -0.15) is 0 Å². The van der Waals surface area contributed by atoms with Crippen LogP contribution in [-0.4, -0.2) is 75.3 Å². The van der Waals surface area contributed by atoms with Gasteiger partial charge < -0.3 is 19.9 Å². The fourth-order valence-electron chi connectivity index (χ4n) is 2.23. The number of hydrogen-bond donors (Lipinski definition) is 1. The topological polar surface area (TPSA) is 40.1 Å². The number of likely N-dealkylation sites (tertiary alicyclic amines) is 1. The molecule has 1 N–H and O–H groups in total. The van der Waals surface area contributed by atoms with Gasteiger partial charge in [0.2, 0.25) is 0 Å². The summed E-state index contributed by atoms with van der Waals surface area (Å²) >= 11 is 0. The van der Waals surface area contributed by atoms with Crippen LogP contribution in [-0.2, 0) is 4.74 Å². The van der Waals surface area contributed by atoms with E-state index in [1.54, 1.807) is 7.11 Å². The van der Waals surface area contributed by atoms with Crippen LogP contribution in [0.15, 0.2) is 4.99 Å². The highest BCUT2D eigenvalue weighted by Crippen LogP contribution is 2.17. The van der Waals surface area contributed by atoms with Gasteiger partial charge in [0, 0.05) is 38.2 Å². The zero-order valence-electron chi connectivity index (χ0n) is 14.1. The van der Waals surface area contributed by atoms with Crippen molar-refractivity contribution in [1.29, 1.82) is 0 Å². The summed E-state index contributed by atoms with van der Waals surface area (Å²) in [6.45, 7) is 11.2. The first-order chi connectivity index (χ1) is 9.40. The Morgan fingerprint density at radius 3 is 2.70 bits per heavy atom. The highest BCUT2D eigenvalue weighted by Gasteiger charge is 2.26. The van der Waals surface area contributed by atoms with Crippen molar-refractivity contribution in [2.45, 2.75) is 32.7 Å². The minimum absolute atomic E-state index is 0.0757. The Morgan fingerprint density at radius 1 is 1.45 bits per heavy atom. The molecule has 1 rings (SSSR count). The molecule has 118 valence electrons. The summed E-state index contributed by atoms with van der Waals surface area (Å²) in [5.41, 5.74) is 0.0757. The Balaban J connectivity index is 2.65. The van der Waals surface area contributed by atoms with Crippen molar-refractivity contribution < 1.29 is 4.74 Å². The molecule has 1 fully saturated rings. The van der Waals surface area contributed by atoms with Crippen molar-refractivity contribution in [2.24, 2.45) is 10.9 Å². The molecule has 1 aliphatic rings. The summed E-state index contributed by atoms with van der Waals surface area (Å²) in [7, 11) is 5.99. The lowest BCUT2D eigenvalue weighted by Crippen LogP contribution is -2.44. The van der Waals surface area contributed by atoms with Crippen LogP contribution in [0.25, 0.3) is 0 Å². The van der Waals surface area contributed by atoms with Crippen molar-refractivity contribution in [3.63, 3.8) is 0 Å². The molecule has 0 aromatic rings. The monoisotopic (exact) mass is 284 g/mol. The molecule has 1 saturated heterocycles. The van der Waals surface area contributed by atoms with Crippen molar-refractivity contribution in [2.75, 3.05) is 54.0 Å². The van der Waals surface area contributed by atoms with Crippen LogP contribution in [0.4, 0.5) is 0 Å². The molecule has 1 unspecified atom stereocenters. The zero-order chi connectivity index (χ0) is 15.2. The van der Waals surface area contributed by atoms with Gasteiger partial charge in [-0.15, -0.1) is 0 Å². The molecule has 0 aromatic heterocycles. The van der Waals surface area contributed by atoms with E-state index in [2.05, 4.69) is 50.0 Å². The van der Waals surface area contributed by atoms with Gasteiger partial charge in [-0.3, -0.25) is 4.99 Å². The maximum Gasteiger partial charge on any atom is 0.193 e. The molecule has 0 aliphatic carbocycles. The Labute approximate surface area is 124 Å². The number of nitrogens with zero attached hydrogens (tertiary/aromatic N) is 3. The largest absolute Gasteiger partial charge is 0.384 e. The van der Waals surface area contributed by atoms with Gasteiger partial charge in [0.25, 0.3) is 0 Å². The van der Waals surface area contributed by atoms with Gasteiger partial charge in [0.15, 0.2) is 5.96 Å². The molecule has 0 saturated carbocycles. The molecule has 0 radical (unpaired) electrons. The minimum atomic E-state index is 0.0757. The van der Waals surface area contributed by atoms with Crippen LogP contribution in [0, 0.1) is 5.92 Å². The van der Waals surface area contributed by atoms with Gasteiger partial charge in [-0.25, -0.2) is 0 Å². The second kappa shape index (κ2) is 7.84. The van der Waals surface area contributed by atoms with Crippen molar-refractivity contribution in [3.05, 3.63) is 0 Å². The molecule has 1 aliphatic heterocycles. The summed E-state index contributed by atoms with van der Waals surface area (Å²) < 4.78 is 5.27. The summed E-state index contributed by atoms with van der Waals surface area (Å²) in [6, 6.07) is 0. The average Bonchev–Trinajstić information content (AvgIpc) is 2.83. The zero-order valence-corrected chi connectivity index (χ0v) is 14.1. The second-order valence-corrected chi connectivity index (χ2v) is 6.43. The van der Waals surface area contributed by atoms with Crippen molar-refractivity contribution in [3.8, 4) is 0 Å². The molecule has 0 amide bonds. The van der Waals surface area contributed by atoms with E-state index in [1.807, 2.05) is 0 Å². The number of rotatable bonds is 6. The summed E-state index contributed by atoms with van der Waals surface area (Å²) in [5.74, 6) is 1.67. The fourth-order valence-corrected chi connectivity index (χ4v) is 2.23. The van der Waals surface area contributed by atoms with E-state index in [-0.39, 0.29) is 5.54 Å². The Hall–Kier alpha value is -0.810. The predicted molar refractivity (Wildman–Crippen MR) is 85.3 cm³/mol. The third kappa shape index (κ3) is 4.94. The van der Waals surface area contributed by atoms with Crippen LogP contribution >= 0.6 is 0 Å². The Bertz CT molecular complexity index is 315. The van der Waals surface area contributed by atoms with Crippen molar-refractivity contribution in [1.82, 2.24) is 15.1 Å². The van der Waals surface area contributed by atoms with Gasteiger partial charge in [0.1, 0.15) is 0 Å². The molecule has 1 atom stereocenters. The minimum Gasteiger partial charge on any atom is -0.384 e. The Morgan fingerprint density at radius 2 is 2.15 bits per heavy atom. The Kier molecular flexibility index (Phi) is 6.76. The highest BCUT2D eigenvalue weighted by atomic mass is 16.5. The third-order valence-corrected chi connectivity index (χ3v) is 4.15. The van der Waals surface area contributed by atoms with Gasteiger partial charge in [-0.1, -0.05) is 0 Å². The molecular weight excluding hydrogens is 252 g/mol. The molecule has 0 bridgehead atoms. The molecule has 0 spiro atoms. The number of likely N-dealkylation sites (N-methyl/N-ethyl adjacent to an activating group) is 1. The normalized spacial score (nSPS) is 20.9. The van der Waals surface area contributed by atoms with E-state index < -0.39 is 0 Å². The smallest absolute Gasteiger partial charge is 0.193 e. The van der Waals surface area contributed by atoms with E-state index in [1.165, 1.54) is 6.42 Å². The molecule has 1 heterocycles. The van der Waals surface area contributed by atoms with E-state index in [9.17, 15) is 0 Å². The second-order valence-electron chi connectivity index (χ2n) is 6.43. The van der Waals surface area contributed by atoms with E-state index in [0.717, 1.165) is 38.7 Å². The van der Waals surface area contributed by atoms with Crippen LogP contribution in [0.5, 0.6) is 0 Å². The number of ether oxygens (including phenoxy) is 1. The molecule has 5 nitrogen and oxygen atoms in total. The number of methoxy groups -OCH3 is 1. The van der Waals surface area contributed by atoms with E-state index >= 15 is 0 Å². The van der Waals surface area contributed by atoms with Crippen molar-refractivity contribution >= 4 is 5.96 Å². The maximum atomic E-state index is 5.27. The first-order valence-electron chi connectivity index (χ1n) is 7.60. The van der Waals surface area contributed by atoms with E-state index in [0.29, 0.717) is 5.92 Å². The lowest BCUT2D eigenvalue weighted by molar-refractivity contribution is 0.157. The number of hydrogen-bond acceptors (Lipinski definition) is 3. The lowest BCUT2D eigenvalue weighted by Gasteiger charge is -2.32. The number of aliphatic imine (C=N–C) groups is 1. The molecule has 0 aromatic carbocycles. The SMILES string of the molecule is CCNC(=NCC(C)(C)N(C)C)N1CCC(COC)C1. The molecule has 20 heavy (non-hydrogen) atoms. The van der Waals surface area contributed by atoms with Gasteiger partial charge in [0.05, 0.1) is 13.2 Å². The van der Waals surface area contributed by atoms with Crippen LogP contribution in [0.1, 0.15) is 27.2 Å². The van der Waals surface area contributed by atoms with E-state index in [4.69, 9.17) is 9.73 Å². The molecular formula is C15H32N4O. The average molecular weight is 284 g/mol. The summed E-state index contributed by atoms with van der Waals surface area (Å²) in [4.78, 5) is 9.41. The molecule has 5 heteroatoms. The first-order valence-corrected chi connectivity index (χ1v) is 7.60. The maximum absolute atomic E-state index is 5.27. The van der Waals surface area contributed by atoms with Gasteiger partial charge in [-0.05, 0) is 41.3 Å². The number of guanidine groups is 1. The summed E-state index contributed by atoms with van der Waals surface area (Å²) in [5, 5.41) is 3.42. The van der Waals surface area contributed by atoms with Crippen LogP contribution in [0.2, 0.25) is 0 Å². The quantitative estimate of drug-likeness (QED) is 0.589. The summed E-state index contributed by atoms with van der Waals surface area (Å²) in [6.07, 6.45) is 1.19. The lowest BCUT2D eigenvalue weighted by atomic mass is 10.1. The standard InChI is InChI=1S/C15H32N4O/c1-7-16-14(17-12-15(2,3)18(4)5)19-9-8-13(10-19)11-20-6/h13H,7-12H2,1-6H3,(H,16,17). The predicted octanol–water partition coefficient (Wildman–Crippen LogP) is 1.26. The van der Waals surface area contributed by atoms with Gasteiger partial charge >= 0.3 is 0 Å². The first kappa shape index (κ1) is 17.2. The fraction of sp³-hybridized carbons (Fsp3) is 0.933. The third-order valence-electron chi connectivity index (χ3n) is 4.15.